The van der Waals surface area contributed by atoms with Gasteiger partial charge in [-0.1, -0.05) is 6.07 Å². The number of carbonyl (C=O) groups excluding carboxylic acids is 1. The number of hydrogen-bond donors (Lipinski definition) is 2. The molecule has 12 heteroatoms. The van der Waals surface area contributed by atoms with Crippen LogP contribution in [0.1, 0.15) is 17.0 Å². The monoisotopic (exact) mass is 488 g/mol. The maximum atomic E-state index is 12.5. The number of aromatic nitrogens is 3. The zero-order valence-corrected chi connectivity index (χ0v) is 19.0. The van der Waals surface area contributed by atoms with Gasteiger partial charge in [-0.3, -0.25) is 25.0 Å². The summed E-state index contributed by atoms with van der Waals surface area (Å²) in [7, 11) is 0. The number of hydrogen-bond acceptors (Lipinski definition) is 9. The second kappa shape index (κ2) is 9.94. The zero-order chi connectivity index (χ0) is 24.9. The molecule has 0 fully saturated rings. The molecule has 174 valence electrons. The normalized spacial score (nSPS) is 11.1. The first-order valence-corrected chi connectivity index (χ1v) is 11.0. The van der Waals surface area contributed by atoms with Crippen LogP contribution in [0.3, 0.4) is 0 Å². The molecule has 0 atom stereocenters. The molecular weight excluding hydrogens is 472 g/mol. The van der Waals surface area contributed by atoms with Gasteiger partial charge in [-0.05, 0) is 36.8 Å². The average Bonchev–Trinajstić information content (AvgIpc) is 3.34. The van der Waals surface area contributed by atoms with Crippen molar-refractivity contribution >= 4 is 50.6 Å². The second-order valence-electron chi connectivity index (χ2n) is 7.26. The minimum absolute atomic E-state index is 0.00503. The van der Waals surface area contributed by atoms with E-state index < -0.39 is 23.0 Å². The number of nitrogens with one attached hydrogen (secondary N) is 2. The zero-order valence-electron chi connectivity index (χ0n) is 18.1. The molecule has 2 N–H and O–H groups in total. The number of nitro groups is 1. The summed E-state index contributed by atoms with van der Waals surface area (Å²) in [6.07, 6.45) is 2.84. The number of thiazole rings is 1. The minimum Gasteiger partial charge on any atom is -0.483 e. The van der Waals surface area contributed by atoms with Gasteiger partial charge in [0.25, 0.3) is 17.2 Å². The third kappa shape index (κ3) is 5.37. The van der Waals surface area contributed by atoms with Crippen molar-refractivity contribution in [2.24, 2.45) is 0 Å². The number of ether oxygens (including phenoxy) is 1. The molecule has 0 unspecified atom stereocenters. The number of nitriles is 1. The Hall–Kier alpha value is -4.89. The standard InChI is InChI=1S/C23H16N6O5S/c1-13-2-4-17-18(8-13)26-21(28-22(17)31)15(11-24)9-14-10-16(29(32)33)3-5-19(14)34-12-20(30)27-23-25-6-7-35-23/h2-10H,12H2,1H3,(H,25,27,30)(H,26,28,31)/b15-9+. The number of benzene rings is 2. The minimum atomic E-state index is -0.596. The van der Waals surface area contributed by atoms with Gasteiger partial charge in [-0.25, -0.2) is 9.97 Å². The number of H-pyrrole nitrogens is 1. The summed E-state index contributed by atoms with van der Waals surface area (Å²) >= 11 is 1.24. The first-order chi connectivity index (χ1) is 16.8. The summed E-state index contributed by atoms with van der Waals surface area (Å²) in [5.41, 5.74) is 0.714. The van der Waals surface area contributed by atoms with Crippen molar-refractivity contribution in [3.63, 3.8) is 0 Å². The molecule has 0 aliphatic heterocycles. The maximum absolute atomic E-state index is 12.5. The van der Waals surface area contributed by atoms with E-state index in [0.717, 1.165) is 5.56 Å². The summed E-state index contributed by atoms with van der Waals surface area (Å²) in [5.74, 6) is -0.365. The number of non-ortho nitro benzene ring substituents is 1. The number of aromatic amines is 1. The van der Waals surface area contributed by atoms with E-state index in [-0.39, 0.29) is 28.4 Å². The fraction of sp³-hybridized carbons (Fsp3) is 0.0870. The Kier molecular flexibility index (Phi) is 6.61. The van der Waals surface area contributed by atoms with Crippen LogP contribution >= 0.6 is 11.3 Å². The Morgan fingerprint density at radius 2 is 2.17 bits per heavy atom. The lowest BCUT2D eigenvalue weighted by Gasteiger charge is -2.10. The Morgan fingerprint density at radius 1 is 1.34 bits per heavy atom. The molecule has 2 aromatic heterocycles. The van der Waals surface area contributed by atoms with E-state index in [1.807, 2.05) is 13.0 Å². The Labute approximate surface area is 201 Å². The lowest BCUT2D eigenvalue weighted by Crippen LogP contribution is -2.20. The highest BCUT2D eigenvalue weighted by atomic mass is 32.1. The van der Waals surface area contributed by atoms with Gasteiger partial charge in [0.1, 0.15) is 11.8 Å². The van der Waals surface area contributed by atoms with Crippen LogP contribution in [0.25, 0.3) is 22.6 Å². The number of carbonyl (C=O) groups is 1. The number of nitro benzene ring substituents is 1. The molecule has 0 saturated heterocycles. The van der Waals surface area contributed by atoms with Crippen LogP contribution in [0.5, 0.6) is 5.75 Å². The predicted molar refractivity (Wildman–Crippen MR) is 130 cm³/mol. The quantitative estimate of drug-likeness (QED) is 0.226. The molecule has 0 radical (unpaired) electrons. The van der Waals surface area contributed by atoms with Crippen LogP contribution in [0.2, 0.25) is 0 Å². The summed E-state index contributed by atoms with van der Waals surface area (Å²) in [4.78, 5) is 46.3. The van der Waals surface area contributed by atoms with E-state index in [1.165, 1.54) is 41.8 Å². The fourth-order valence-electron chi connectivity index (χ4n) is 3.16. The lowest BCUT2D eigenvalue weighted by atomic mass is 10.1. The van der Waals surface area contributed by atoms with Crippen molar-refractivity contribution in [3.05, 3.63) is 85.4 Å². The Bertz CT molecular complexity index is 1570. The highest BCUT2D eigenvalue weighted by Crippen LogP contribution is 2.28. The number of fused-ring (bicyclic) bond motifs is 1. The predicted octanol–water partition coefficient (Wildman–Crippen LogP) is 3.68. The smallest absolute Gasteiger partial charge is 0.270 e. The third-order valence-electron chi connectivity index (χ3n) is 4.78. The summed E-state index contributed by atoms with van der Waals surface area (Å²) in [5, 5.41) is 26.1. The Morgan fingerprint density at radius 3 is 2.89 bits per heavy atom. The van der Waals surface area contributed by atoms with Crippen LogP contribution in [0.4, 0.5) is 10.8 Å². The highest BCUT2D eigenvalue weighted by Gasteiger charge is 2.15. The highest BCUT2D eigenvalue weighted by molar-refractivity contribution is 7.13. The van der Waals surface area contributed by atoms with Gasteiger partial charge in [0.15, 0.2) is 17.6 Å². The van der Waals surface area contributed by atoms with Crippen LogP contribution in [-0.4, -0.2) is 32.4 Å². The van der Waals surface area contributed by atoms with E-state index in [9.17, 15) is 25.0 Å². The largest absolute Gasteiger partial charge is 0.483 e. The molecular formula is C23H16N6O5S. The number of allylic oxidation sites excluding steroid dienone is 1. The third-order valence-corrected chi connectivity index (χ3v) is 5.47. The van der Waals surface area contributed by atoms with Crippen molar-refractivity contribution in [2.45, 2.75) is 6.92 Å². The number of anilines is 1. The lowest BCUT2D eigenvalue weighted by molar-refractivity contribution is -0.384. The molecule has 0 spiro atoms. The molecule has 1 amide bonds. The van der Waals surface area contributed by atoms with Crippen LogP contribution in [0, 0.1) is 28.4 Å². The summed E-state index contributed by atoms with van der Waals surface area (Å²) in [6.45, 7) is 1.45. The first-order valence-electron chi connectivity index (χ1n) is 10.1. The SMILES string of the molecule is Cc1ccc2c(=O)[nH]c(/C(C#N)=C/c3cc([N+](=O)[O-])ccc3OCC(=O)Nc3nccs3)nc2c1. The Balaban J connectivity index is 1.70. The summed E-state index contributed by atoms with van der Waals surface area (Å²) < 4.78 is 5.57. The molecule has 0 bridgehead atoms. The molecule has 11 nitrogen and oxygen atoms in total. The van der Waals surface area contributed by atoms with Gasteiger partial charge in [-0.2, -0.15) is 5.26 Å². The number of rotatable bonds is 7. The van der Waals surface area contributed by atoms with E-state index in [1.54, 1.807) is 23.6 Å². The van der Waals surface area contributed by atoms with E-state index in [2.05, 4.69) is 20.3 Å². The van der Waals surface area contributed by atoms with E-state index >= 15 is 0 Å². The fourth-order valence-corrected chi connectivity index (χ4v) is 3.71. The first kappa shape index (κ1) is 23.3. The van der Waals surface area contributed by atoms with Crippen molar-refractivity contribution in [2.75, 3.05) is 11.9 Å². The second-order valence-corrected chi connectivity index (χ2v) is 8.15. The molecule has 35 heavy (non-hydrogen) atoms. The average molecular weight is 488 g/mol. The molecule has 4 aromatic rings. The van der Waals surface area contributed by atoms with Gasteiger partial charge in [0.2, 0.25) is 0 Å². The van der Waals surface area contributed by atoms with Crippen molar-refractivity contribution < 1.29 is 14.5 Å². The van der Waals surface area contributed by atoms with Gasteiger partial charge >= 0.3 is 0 Å². The molecule has 0 saturated carbocycles. The van der Waals surface area contributed by atoms with Gasteiger partial charge in [-0.15, -0.1) is 11.3 Å². The van der Waals surface area contributed by atoms with E-state index in [0.29, 0.717) is 16.0 Å². The van der Waals surface area contributed by atoms with Crippen LogP contribution in [-0.2, 0) is 4.79 Å². The van der Waals surface area contributed by atoms with Gasteiger partial charge < -0.3 is 9.72 Å². The van der Waals surface area contributed by atoms with Crippen LogP contribution < -0.4 is 15.6 Å². The summed E-state index contributed by atoms with van der Waals surface area (Å²) in [6, 6.07) is 10.8. The van der Waals surface area contributed by atoms with Gasteiger partial charge in [0.05, 0.1) is 21.4 Å². The van der Waals surface area contributed by atoms with Gasteiger partial charge in [0, 0.05) is 29.3 Å². The molecule has 4 rings (SSSR count). The van der Waals surface area contributed by atoms with E-state index in [4.69, 9.17) is 4.74 Å². The maximum Gasteiger partial charge on any atom is 0.270 e. The number of amides is 1. The van der Waals surface area contributed by atoms with Crippen LogP contribution in [0.15, 0.2) is 52.8 Å². The molecule has 0 aliphatic carbocycles. The number of nitrogens with zero attached hydrogens (tertiary/aromatic N) is 4. The molecule has 2 heterocycles. The van der Waals surface area contributed by atoms with Crippen molar-refractivity contribution in [3.8, 4) is 11.8 Å². The van der Waals surface area contributed by atoms with Crippen molar-refractivity contribution in [1.29, 1.82) is 5.26 Å². The molecule has 0 aliphatic rings. The molecule has 2 aromatic carbocycles. The topological polar surface area (TPSA) is 164 Å². The van der Waals surface area contributed by atoms with Crippen molar-refractivity contribution in [1.82, 2.24) is 15.0 Å². The number of aryl methyl sites for hydroxylation is 1.